The van der Waals surface area contributed by atoms with E-state index in [9.17, 15) is 14.9 Å². The van der Waals surface area contributed by atoms with E-state index < -0.39 is 4.92 Å². The molecule has 0 spiro atoms. The van der Waals surface area contributed by atoms with Gasteiger partial charge in [0.05, 0.1) is 11.5 Å². The van der Waals surface area contributed by atoms with Gasteiger partial charge >= 0.3 is 0 Å². The standard InChI is InChI=1S/C22H25N3O5/c1-3-29-20-10-15-8-13(2)30-21(15)11-16(20)12-23-22(26)14-4-7-18(24-17-5-6-17)19(9-14)25(27)28/h4,7,9-11,13,17,24H,3,5-6,8,12H2,1-2H3,(H,23,26)/t13-/m1/s1. The second-order valence-corrected chi connectivity index (χ2v) is 7.72. The minimum Gasteiger partial charge on any atom is -0.494 e. The number of hydrogen-bond acceptors (Lipinski definition) is 6. The van der Waals surface area contributed by atoms with Crippen LogP contribution in [0.5, 0.6) is 11.5 Å². The fraction of sp³-hybridized carbons (Fsp3) is 0.409. The molecular weight excluding hydrogens is 386 g/mol. The van der Waals surface area contributed by atoms with E-state index >= 15 is 0 Å². The number of hydrogen-bond donors (Lipinski definition) is 2. The number of ether oxygens (including phenoxy) is 2. The number of carbonyl (C=O) groups excluding carboxylic acids is 1. The van der Waals surface area contributed by atoms with E-state index in [1.165, 1.54) is 6.07 Å². The molecule has 8 nitrogen and oxygen atoms in total. The van der Waals surface area contributed by atoms with Crippen molar-refractivity contribution in [1.29, 1.82) is 0 Å². The molecule has 2 N–H and O–H groups in total. The molecule has 4 rings (SSSR count). The maximum absolute atomic E-state index is 12.7. The molecule has 2 aromatic rings. The molecule has 1 atom stereocenters. The van der Waals surface area contributed by atoms with Crippen LogP contribution in [0.3, 0.4) is 0 Å². The van der Waals surface area contributed by atoms with Crippen LogP contribution in [-0.2, 0) is 13.0 Å². The van der Waals surface area contributed by atoms with Crippen molar-refractivity contribution in [3.8, 4) is 11.5 Å². The van der Waals surface area contributed by atoms with Crippen molar-refractivity contribution in [2.75, 3.05) is 11.9 Å². The van der Waals surface area contributed by atoms with E-state index in [0.717, 1.165) is 36.1 Å². The van der Waals surface area contributed by atoms with Gasteiger partial charge in [0.25, 0.3) is 11.6 Å². The van der Waals surface area contributed by atoms with Gasteiger partial charge in [0.15, 0.2) is 0 Å². The molecule has 0 aromatic heterocycles. The van der Waals surface area contributed by atoms with Crippen LogP contribution in [0.1, 0.15) is 48.2 Å². The fourth-order valence-corrected chi connectivity index (χ4v) is 3.58. The fourth-order valence-electron chi connectivity index (χ4n) is 3.58. The summed E-state index contributed by atoms with van der Waals surface area (Å²) in [5.41, 5.74) is 2.49. The molecule has 2 aromatic carbocycles. The first-order valence-electron chi connectivity index (χ1n) is 10.2. The smallest absolute Gasteiger partial charge is 0.293 e. The molecular formula is C22H25N3O5. The molecule has 1 saturated carbocycles. The molecule has 0 unspecified atom stereocenters. The van der Waals surface area contributed by atoms with Gasteiger partial charge in [-0.15, -0.1) is 0 Å². The lowest BCUT2D eigenvalue weighted by Crippen LogP contribution is -2.23. The Morgan fingerprint density at radius 3 is 2.80 bits per heavy atom. The van der Waals surface area contributed by atoms with Gasteiger partial charge in [0.2, 0.25) is 0 Å². The number of anilines is 1. The van der Waals surface area contributed by atoms with Crippen molar-refractivity contribution in [1.82, 2.24) is 5.32 Å². The number of carbonyl (C=O) groups is 1. The second kappa shape index (κ2) is 8.22. The van der Waals surface area contributed by atoms with Gasteiger partial charge in [0.1, 0.15) is 23.3 Å². The number of benzene rings is 2. The second-order valence-electron chi connectivity index (χ2n) is 7.72. The zero-order chi connectivity index (χ0) is 21.3. The summed E-state index contributed by atoms with van der Waals surface area (Å²) in [5.74, 6) is 1.14. The third-order valence-corrected chi connectivity index (χ3v) is 5.21. The number of rotatable bonds is 8. The van der Waals surface area contributed by atoms with Crippen LogP contribution < -0.4 is 20.1 Å². The minimum absolute atomic E-state index is 0.0931. The molecule has 1 aliphatic heterocycles. The molecule has 1 amide bonds. The van der Waals surface area contributed by atoms with Gasteiger partial charge in [0, 0.05) is 41.8 Å². The molecule has 30 heavy (non-hydrogen) atoms. The number of amides is 1. The van der Waals surface area contributed by atoms with Crippen molar-refractivity contribution in [2.24, 2.45) is 0 Å². The molecule has 8 heteroatoms. The summed E-state index contributed by atoms with van der Waals surface area (Å²) in [6.45, 7) is 4.66. The van der Waals surface area contributed by atoms with Crippen molar-refractivity contribution in [3.05, 3.63) is 57.1 Å². The van der Waals surface area contributed by atoms with Crippen molar-refractivity contribution in [3.63, 3.8) is 0 Å². The van der Waals surface area contributed by atoms with Crippen molar-refractivity contribution < 1.29 is 19.2 Å². The Kier molecular flexibility index (Phi) is 5.48. The number of fused-ring (bicyclic) bond motifs is 1. The first kappa shape index (κ1) is 20.0. The van der Waals surface area contributed by atoms with Crippen LogP contribution in [0.2, 0.25) is 0 Å². The summed E-state index contributed by atoms with van der Waals surface area (Å²) >= 11 is 0. The predicted octanol–water partition coefficient (Wildman–Crippen LogP) is 3.82. The summed E-state index contributed by atoms with van der Waals surface area (Å²) in [4.78, 5) is 23.6. The lowest BCUT2D eigenvalue weighted by molar-refractivity contribution is -0.384. The van der Waals surface area contributed by atoms with E-state index in [4.69, 9.17) is 9.47 Å². The quantitative estimate of drug-likeness (QED) is 0.506. The summed E-state index contributed by atoms with van der Waals surface area (Å²) < 4.78 is 11.6. The summed E-state index contributed by atoms with van der Waals surface area (Å²) in [6, 6.07) is 8.66. The third-order valence-electron chi connectivity index (χ3n) is 5.21. The average Bonchev–Trinajstić information content (AvgIpc) is 3.45. The van der Waals surface area contributed by atoms with E-state index in [-0.39, 0.29) is 35.8 Å². The lowest BCUT2D eigenvalue weighted by atomic mass is 10.1. The monoisotopic (exact) mass is 411 g/mol. The van der Waals surface area contributed by atoms with Gasteiger partial charge in [-0.05, 0) is 51.0 Å². The number of nitro groups is 1. The maximum atomic E-state index is 12.7. The van der Waals surface area contributed by atoms with Gasteiger partial charge in [-0.1, -0.05) is 0 Å². The van der Waals surface area contributed by atoms with Crippen LogP contribution in [0.25, 0.3) is 0 Å². The number of nitrogens with one attached hydrogen (secondary N) is 2. The Bertz CT molecular complexity index is 987. The molecule has 0 bridgehead atoms. The van der Waals surface area contributed by atoms with Crippen LogP contribution in [0, 0.1) is 10.1 Å². The first-order chi connectivity index (χ1) is 14.4. The van der Waals surface area contributed by atoms with E-state index in [2.05, 4.69) is 10.6 Å². The van der Waals surface area contributed by atoms with Crippen molar-refractivity contribution in [2.45, 2.75) is 51.8 Å². The highest BCUT2D eigenvalue weighted by Gasteiger charge is 2.26. The Morgan fingerprint density at radius 2 is 2.10 bits per heavy atom. The molecule has 1 heterocycles. The molecule has 0 saturated heterocycles. The highest BCUT2D eigenvalue weighted by Crippen LogP contribution is 2.35. The van der Waals surface area contributed by atoms with Crippen LogP contribution in [0.4, 0.5) is 11.4 Å². The van der Waals surface area contributed by atoms with E-state index in [1.807, 2.05) is 26.0 Å². The third kappa shape index (κ3) is 4.32. The number of nitro benzene ring substituents is 1. The minimum atomic E-state index is -0.465. The largest absolute Gasteiger partial charge is 0.494 e. The molecule has 158 valence electrons. The van der Waals surface area contributed by atoms with E-state index in [0.29, 0.717) is 18.0 Å². The Morgan fingerprint density at radius 1 is 1.30 bits per heavy atom. The zero-order valence-electron chi connectivity index (χ0n) is 17.1. The lowest BCUT2D eigenvalue weighted by Gasteiger charge is -2.14. The summed E-state index contributed by atoms with van der Waals surface area (Å²) in [6.07, 6.45) is 2.95. The normalized spacial score (nSPS) is 17.1. The topological polar surface area (TPSA) is 103 Å². The first-order valence-corrected chi connectivity index (χ1v) is 10.2. The van der Waals surface area contributed by atoms with Gasteiger partial charge in [-0.2, -0.15) is 0 Å². The van der Waals surface area contributed by atoms with Gasteiger partial charge in [-0.25, -0.2) is 0 Å². The van der Waals surface area contributed by atoms with Crippen LogP contribution >= 0.6 is 0 Å². The predicted molar refractivity (Wildman–Crippen MR) is 112 cm³/mol. The van der Waals surface area contributed by atoms with Gasteiger partial charge < -0.3 is 20.1 Å². The SMILES string of the molecule is CCOc1cc2c(cc1CNC(=O)c1ccc(NC3CC3)c([N+](=O)[O-])c1)O[C@H](C)C2. The summed E-state index contributed by atoms with van der Waals surface area (Å²) in [5, 5.41) is 17.4. The highest BCUT2D eigenvalue weighted by molar-refractivity contribution is 5.95. The molecule has 0 radical (unpaired) electrons. The Balaban J connectivity index is 1.50. The zero-order valence-corrected chi connectivity index (χ0v) is 17.1. The Hall–Kier alpha value is -3.29. The molecule has 1 fully saturated rings. The van der Waals surface area contributed by atoms with Crippen LogP contribution in [0.15, 0.2) is 30.3 Å². The van der Waals surface area contributed by atoms with Crippen LogP contribution in [-0.4, -0.2) is 29.6 Å². The highest BCUT2D eigenvalue weighted by atomic mass is 16.6. The van der Waals surface area contributed by atoms with Crippen molar-refractivity contribution >= 4 is 17.3 Å². The summed E-state index contributed by atoms with van der Waals surface area (Å²) in [7, 11) is 0. The van der Waals surface area contributed by atoms with Gasteiger partial charge in [-0.3, -0.25) is 14.9 Å². The Labute approximate surface area is 174 Å². The molecule has 2 aliphatic rings. The van der Waals surface area contributed by atoms with E-state index in [1.54, 1.807) is 12.1 Å². The average molecular weight is 411 g/mol. The maximum Gasteiger partial charge on any atom is 0.293 e. The number of nitrogens with zero attached hydrogens (tertiary/aromatic N) is 1. The molecule has 1 aliphatic carbocycles.